The van der Waals surface area contributed by atoms with Crippen molar-refractivity contribution >= 4 is 27.5 Å². The Hall–Kier alpha value is -2.46. The molecule has 0 saturated heterocycles. The number of nitrogens with one attached hydrogen (secondary N) is 1. The molecule has 0 spiro atoms. The fraction of sp³-hybridized carbons (Fsp3) is 0.294. The molecule has 150 valence electrons. The van der Waals surface area contributed by atoms with Crippen molar-refractivity contribution in [1.82, 2.24) is 9.71 Å². The lowest BCUT2D eigenvalue weighted by Gasteiger charge is -2.11. The third-order valence-electron chi connectivity index (χ3n) is 3.95. The van der Waals surface area contributed by atoms with Gasteiger partial charge in [-0.25, -0.2) is 26.9 Å². The van der Waals surface area contributed by atoms with Crippen molar-refractivity contribution in [3.63, 3.8) is 0 Å². The zero-order valence-electron chi connectivity index (χ0n) is 14.5. The molecular weight excluding hydrogens is 418 g/mol. The van der Waals surface area contributed by atoms with E-state index in [1.807, 2.05) is 0 Å². The lowest BCUT2D eigenvalue weighted by atomic mass is 10.1. The molecule has 0 aliphatic heterocycles. The molecule has 1 fully saturated rings. The first-order valence-corrected chi connectivity index (χ1v) is 10.00. The first-order valence-electron chi connectivity index (χ1n) is 8.07. The third-order valence-corrected chi connectivity index (χ3v) is 6.04. The molecule has 1 N–H and O–H groups in total. The van der Waals surface area contributed by atoms with Crippen LogP contribution in [0.5, 0.6) is 11.6 Å². The summed E-state index contributed by atoms with van der Waals surface area (Å²) in [6, 6.07) is 2.80. The van der Waals surface area contributed by atoms with Gasteiger partial charge in [0.1, 0.15) is 29.0 Å². The molecule has 2 aromatic rings. The van der Waals surface area contributed by atoms with Crippen LogP contribution in [-0.2, 0) is 16.6 Å². The van der Waals surface area contributed by atoms with E-state index in [2.05, 4.69) is 4.98 Å². The van der Waals surface area contributed by atoms with Crippen molar-refractivity contribution in [1.29, 1.82) is 0 Å². The second kappa shape index (κ2) is 7.88. The van der Waals surface area contributed by atoms with Gasteiger partial charge in [-0.05, 0) is 25.0 Å². The van der Waals surface area contributed by atoms with E-state index in [0.29, 0.717) is 18.9 Å². The quantitative estimate of drug-likeness (QED) is 0.723. The van der Waals surface area contributed by atoms with Crippen LogP contribution in [0.25, 0.3) is 0 Å². The summed E-state index contributed by atoms with van der Waals surface area (Å²) < 4.78 is 64.0. The van der Waals surface area contributed by atoms with Crippen LogP contribution < -0.4 is 14.2 Å². The summed E-state index contributed by atoms with van der Waals surface area (Å²) in [5, 5.41) is -0.488. The summed E-state index contributed by atoms with van der Waals surface area (Å²) in [5.74, 6) is -2.84. The van der Waals surface area contributed by atoms with E-state index in [1.165, 1.54) is 19.4 Å². The second-order valence-corrected chi connectivity index (χ2v) is 8.42. The minimum absolute atomic E-state index is 0.175. The fourth-order valence-electron chi connectivity index (χ4n) is 2.32. The fourth-order valence-corrected chi connectivity index (χ4v) is 3.84. The van der Waals surface area contributed by atoms with Crippen LogP contribution in [0.1, 0.15) is 28.8 Å². The van der Waals surface area contributed by atoms with E-state index in [9.17, 15) is 22.0 Å². The first-order chi connectivity index (χ1) is 13.2. The molecule has 1 saturated carbocycles. The number of hydrogen-bond donors (Lipinski definition) is 1. The van der Waals surface area contributed by atoms with Crippen LogP contribution in [0.3, 0.4) is 0 Å². The number of benzene rings is 1. The smallest absolute Gasteiger partial charge is 0.267 e. The third kappa shape index (κ3) is 4.50. The van der Waals surface area contributed by atoms with Crippen LogP contribution in [0.2, 0.25) is 5.02 Å². The number of sulfonamides is 1. The minimum atomic E-state index is -3.87. The first kappa shape index (κ1) is 20.3. The molecule has 1 amide bonds. The van der Waals surface area contributed by atoms with Gasteiger partial charge < -0.3 is 9.47 Å². The molecule has 1 aliphatic carbocycles. The summed E-state index contributed by atoms with van der Waals surface area (Å²) in [7, 11) is -2.48. The molecule has 0 atom stereocenters. The largest absolute Gasteiger partial charge is 0.487 e. The van der Waals surface area contributed by atoms with E-state index < -0.39 is 38.4 Å². The number of rotatable bonds is 7. The van der Waals surface area contributed by atoms with E-state index in [0.717, 1.165) is 6.07 Å². The van der Waals surface area contributed by atoms with Crippen molar-refractivity contribution in [2.45, 2.75) is 24.7 Å². The summed E-state index contributed by atoms with van der Waals surface area (Å²) in [5.41, 5.74) is -0.884. The normalized spacial score (nSPS) is 13.9. The lowest BCUT2D eigenvalue weighted by molar-refractivity contribution is 0.0976. The molecule has 1 aromatic heterocycles. The number of aromatic nitrogens is 1. The Bertz CT molecular complexity index is 1030. The van der Waals surface area contributed by atoms with Gasteiger partial charge in [0.15, 0.2) is 0 Å². The molecule has 11 heteroatoms. The van der Waals surface area contributed by atoms with E-state index in [-0.39, 0.29) is 28.8 Å². The highest BCUT2D eigenvalue weighted by atomic mass is 35.5. The summed E-state index contributed by atoms with van der Waals surface area (Å²) >= 11 is 5.91. The Morgan fingerprint density at radius 1 is 1.29 bits per heavy atom. The maximum Gasteiger partial charge on any atom is 0.267 e. The van der Waals surface area contributed by atoms with E-state index in [4.69, 9.17) is 21.1 Å². The highest BCUT2D eigenvalue weighted by Gasteiger charge is 2.37. The van der Waals surface area contributed by atoms with Gasteiger partial charge in [0.25, 0.3) is 5.91 Å². The van der Waals surface area contributed by atoms with Crippen molar-refractivity contribution in [3.8, 4) is 11.6 Å². The van der Waals surface area contributed by atoms with Crippen LogP contribution in [0.4, 0.5) is 8.78 Å². The number of ether oxygens (including phenoxy) is 2. The highest BCUT2D eigenvalue weighted by Crippen LogP contribution is 2.28. The molecule has 7 nitrogen and oxygen atoms in total. The number of hydrogen-bond acceptors (Lipinski definition) is 6. The van der Waals surface area contributed by atoms with Gasteiger partial charge in [-0.1, -0.05) is 11.6 Å². The standard InChI is InChI=1S/C17H15ClF2N2O5S/c1-26-17-13(18)5-10(7-21-17)27-8-9-4-15(20)12(6-14(9)19)16(23)22-28(24,25)11-2-3-11/h4-7,11H,2-3,8H2,1H3,(H,22,23). The summed E-state index contributed by atoms with van der Waals surface area (Å²) in [6.45, 7) is -0.366. The maximum atomic E-state index is 14.3. The molecular formula is C17H15ClF2N2O5S. The molecule has 0 unspecified atom stereocenters. The molecule has 0 bridgehead atoms. The molecule has 1 aliphatic rings. The van der Waals surface area contributed by atoms with E-state index >= 15 is 0 Å². The maximum absolute atomic E-state index is 14.3. The number of amides is 1. The van der Waals surface area contributed by atoms with Crippen LogP contribution in [-0.4, -0.2) is 31.7 Å². The predicted octanol–water partition coefficient (Wildman–Crippen LogP) is 2.82. The van der Waals surface area contributed by atoms with Gasteiger partial charge in [-0.3, -0.25) is 4.79 Å². The number of halogens is 3. The van der Waals surface area contributed by atoms with Crippen molar-refractivity contribution in [2.24, 2.45) is 0 Å². The Kier molecular flexibility index (Phi) is 5.71. The van der Waals surface area contributed by atoms with Crippen molar-refractivity contribution in [2.75, 3.05) is 7.11 Å². The topological polar surface area (TPSA) is 94.6 Å². The van der Waals surface area contributed by atoms with Gasteiger partial charge >= 0.3 is 0 Å². The number of pyridine rings is 1. The summed E-state index contributed by atoms with van der Waals surface area (Å²) in [4.78, 5) is 15.9. The highest BCUT2D eigenvalue weighted by molar-refractivity contribution is 7.91. The molecule has 0 radical (unpaired) electrons. The van der Waals surface area contributed by atoms with Crippen LogP contribution >= 0.6 is 11.6 Å². The van der Waals surface area contributed by atoms with E-state index in [1.54, 1.807) is 4.72 Å². The monoisotopic (exact) mass is 432 g/mol. The second-order valence-electron chi connectivity index (χ2n) is 6.05. The van der Waals surface area contributed by atoms with Crippen molar-refractivity contribution < 1.29 is 31.5 Å². The molecule has 3 rings (SSSR count). The number of carbonyl (C=O) groups is 1. The molecule has 1 aromatic carbocycles. The molecule has 28 heavy (non-hydrogen) atoms. The number of methoxy groups -OCH3 is 1. The van der Waals surface area contributed by atoms with Crippen LogP contribution in [0, 0.1) is 11.6 Å². The average Bonchev–Trinajstić information content (AvgIpc) is 3.47. The summed E-state index contributed by atoms with van der Waals surface area (Å²) in [6.07, 6.45) is 2.16. The van der Waals surface area contributed by atoms with Gasteiger partial charge in [-0.2, -0.15) is 0 Å². The Labute approximate surface area is 164 Å². The lowest BCUT2D eigenvalue weighted by Crippen LogP contribution is -2.33. The Morgan fingerprint density at radius 3 is 2.61 bits per heavy atom. The number of nitrogens with zero attached hydrogens (tertiary/aromatic N) is 1. The number of carbonyl (C=O) groups excluding carboxylic acids is 1. The molecule has 1 heterocycles. The van der Waals surface area contributed by atoms with Crippen molar-refractivity contribution in [3.05, 3.63) is 52.2 Å². The Morgan fingerprint density at radius 2 is 2.00 bits per heavy atom. The van der Waals surface area contributed by atoms with Gasteiger partial charge in [0, 0.05) is 11.6 Å². The SMILES string of the molecule is COc1ncc(OCc2cc(F)c(C(=O)NS(=O)(=O)C3CC3)cc2F)cc1Cl. The zero-order valence-corrected chi connectivity index (χ0v) is 16.1. The Balaban J connectivity index is 1.72. The minimum Gasteiger partial charge on any atom is -0.487 e. The van der Waals surface area contributed by atoms with Gasteiger partial charge in [0.05, 0.1) is 24.1 Å². The van der Waals surface area contributed by atoms with Gasteiger partial charge in [-0.15, -0.1) is 0 Å². The van der Waals surface area contributed by atoms with Gasteiger partial charge in [0.2, 0.25) is 15.9 Å². The zero-order chi connectivity index (χ0) is 20.5. The average molecular weight is 433 g/mol. The van der Waals surface area contributed by atoms with Crippen LogP contribution in [0.15, 0.2) is 24.4 Å². The predicted molar refractivity (Wildman–Crippen MR) is 95.9 cm³/mol.